The summed E-state index contributed by atoms with van der Waals surface area (Å²) in [5.41, 5.74) is 1.32. The van der Waals surface area contributed by atoms with E-state index in [-0.39, 0.29) is 12.0 Å². The van der Waals surface area contributed by atoms with Gasteiger partial charge in [0.05, 0.1) is 23.1 Å². The maximum atomic E-state index is 9.13. The van der Waals surface area contributed by atoms with Crippen LogP contribution in [-0.4, -0.2) is 15.5 Å². The summed E-state index contributed by atoms with van der Waals surface area (Å²) in [5.74, 6) is 0.202. The van der Waals surface area contributed by atoms with Crippen LogP contribution in [0.25, 0.3) is 0 Å². The summed E-state index contributed by atoms with van der Waals surface area (Å²) in [6.07, 6.45) is 6.96. The number of hydrogen-bond donors (Lipinski definition) is 2. The zero-order chi connectivity index (χ0) is 20.8. The minimum absolute atomic E-state index is 0.202. The van der Waals surface area contributed by atoms with Crippen LogP contribution >= 0.6 is 46.4 Å². The molecule has 2 N–H and O–H groups in total. The van der Waals surface area contributed by atoms with Gasteiger partial charge in [-0.25, -0.2) is 4.98 Å². The molecule has 6 nitrogen and oxygen atoms in total. The Hall–Kier alpha value is -2.43. The van der Waals surface area contributed by atoms with E-state index in [2.05, 4.69) is 20.6 Å². The Bertz CT molecular complexity index is 1060. The van der Waals surface area contributed by atoms with E-state index < -0.39 is 0 Å². The second-order valence-corrected chi connectivity index (χ2v) is 7.62. The number of aromatic nitrogens is 2. The fourth-order valence-electron chi connectivity index (χ4n) is 2.64. The van der Waals surface area contributed by atoms with Crippen molar-refractivity contribution >= 4 is 58.1 Å². The van der Waals surface area contributed by atoms with Crippen molar-refractivity contribution in [2.24, 2.45) is 4.99 Å². The summed E-state index contributed by atoms with van der Waals surface area (Å²) in [5, 5.41) is 17.3. The second-order valence-electron chi connectivity index (χ2n) is 5.93. The largest absolute Gasteiger partial charge is 0.347 e. The Morgan fingerprint density at radius 3 is 2.45 bits per heavy atom. The average molecular weight is 468 g/mol. The molecule has 3 aromatic rings. The van der Waals surface area contributed by atoms with Gasteiger partial charge in [0.15, 0.2) is 0 Å². The maximum absolute atomic E-state index is 9.13. The number of nitriles is 1. The first-order valence-electron chi connectivity index (χ1n) is 8.32. The summed E-state index contributed by atoms with van der Waals surface area (Å²) in [7, 11) is 0. The number of rotatable bonds is 5. The standard InChI is InChI=1S/C19H14Cl4N6/c20-12-1-3-14(15(22)7-12)18(9-29-6-5-25-11-29)28-19(26-10-24)27-17-4-2-13(21)8-16(17)23/h1-8,11,18H,9H2,(H2,26,27,28). The molecule has 3 rings (SSSR count). The quantitative estimate of drug-likeness (QED) is 0.283. The number of nitrogens with zero attached hydrogens (tertiary/aromatic N) is 4. The molecule has 1 unspecified atom stereocenters. The molecule has 0 radical (unpaired) electrons. The van der Waals surface area contributed by atoms with E-state index in [1.807, 2.05) is 16.8 Å². The maximum Gasteiger partial charge on any atom is 0.212 e. The molecule has 148 valence electrons. The number of imidazole rings is 1. The van der Waals surface area contributed by atoms with Gasteiger partial charge in [-0.15, -0.1) is 4.99 Å². The van der Waals surface area contributed by atoms with E-state index in [9.17, 15) is 0 Å². The van der Waals surface area contributed by atoms with Crippen LogP contribution in [0, 0.1) is 11.5 Å². The first-order valence-corrected chi connectivity index (χ1v) is 9.83. The third-order valence-electron chi connectivity index (χ3n) is 3.95. The molecule has 10 heteroatoms. The molecule has 0 aliphatic rings. The summed E-state index contributed by atoms with van der Waals surface area (Å²) in [6.45, 7) is 0.474. The molecule has 0 saturated carbocycles. The zero-order valence-corrected chi connectivity index (χ0v) is 17.8. The lowest BCUT2D eigenvalue weighted by Gasteiger charge is -2.23. The molecule has 1 heterocycles. The predicted molar refractivity (Wildman–Crippen MR) is 118 cm³/mol. The van der Waals surface area contributed by atoms with Crippen LogP contribution in [0.2, 0.25) is 20.1 Å². The van der Waals surface area contributed by atoms with Gasteiger partial charge in [-0.3, -0.25) is 0 Å². The number of benzene rings is 2. The molecule has 0 aliphatic carbocycles. The molecule has 0 saturated heterocycles. The van der Waals surface area contributed by atoms with Crippen LogP contribution in [0.5, 0.6) is 0 Å². The molecule has 0 amide bonds. The van der Waals surface area contributed by atoms with Crippen molar-refractivity contribution in [2.75, 3.05) is 5.32 Å². The third kappa shape index (κ3) is 5.78. The fourth-order valence-corrected chi connectivity index (χ4v) is 3.64. The minimum atomic E-state index is -0.348. The number of halogens is 4. The van der Waals surface area contributed by atoms with Gasteiger partial charge in [-0.1, -0.05) is 52.5 Å². The first-order chi connectivity index (χ1) is 14.0. The Kier molecular flexibility index (Phi) is 7.24. The number of anilines is 1. The highest BCUT2D eigenvalue weighted by Gasteiger charge is 2.18. The summed E-state index contributed by atoms with van der Waals surface area (Å²) in [6, 6.07) is 9.84. The van der Waals surface area contributed by atoms with Gasteiger partial charge in [0.2, 0.25) is 12.2 Å². The summed E-state index contributed by atoms with van der Waals surface area (Å²) in [4.78, 5) is 7.90. The smallest absolute Gasteiger partial charge is 0.212 e. The lowest BCUT2D eigenvalue weighted by molar-refractivity contribution is 0.531. The van der Waals surface area contributed by atoms with Crippen LogP contribution in [-0.2, 0) is 6.54 Å². The van der Waals surface area contributed by atoms with Crippen LogP contribution in [0.1, 0.15) is 11.6 Å². The number of nitrogens with one attached hydrogen (secondary N) is 2. The molecule has 0 aliphatic heterocycles. The Balaban J connectivity index is 1.91. The molecule has 2 aromatic carbocycles. The van der Waals surface area contributed by atoms with Crippen molar-refractivity contribution in [1.82, 2.24) is 14.9 Å². The lowest BCUT2D eigenvalue weighted by atomic mass is 10.1. The highest BCUT2D eigenvalue weighted by molar-refractivity contribution is 6.37. The van der Waals surface area contributed by atoms with Gasteiger partial charge in [0.25, 0.3) is 0 Å². The van der Waals surface area contributed by atoms with Gasteiger partial charge in [0, 0.05) is 34.0 Å². The normalized spacial score (nSPS) is 12.3. The van der Waals surface area contributed by atoms with Gasteiger partial charge < -0.3 is 15.2 Å². The van der Waals surface area contributed by atoms with Crippen molar-refractivity contribution in [3.63, 3.8) is 0 Å². The van der Waals surface area contributed by atoms with Gasteiger partial charge in [0.1, 0.15) is 0 Å². The number of aliphatic imine (C=N–C) groups is 1. The molecular weight excluding hydrogens is 454 g/mol. The van der Waals surface area contributed by atoms with Crippen LogP contribution in [0.15, 0.2) is 60.1 Å². The molecule has 29 heavy (non-hydrogen) atoms. The fraction of sp³-hybridized carbons (Fsp3) is 0.105. The number of hydrogen-bond acceptors (Lipinski definition) is 3. The van der Waals surface area contributed by atoms with E-state index in [1.165, 1.54) is 0 Å². The molecule has 0 bridgehead atoms. The van der Waals surface area contributed by atoms with Crippen molar-refractivity contribution in [2.45, 2.75) is 12.6 Å². The zero-order valence-electron chi connectivity index (χ0n) is 14.8. The first kappa shape index (κ1) is 21.3. The Morgan fingerprint density at radius 1 is 1.10 bits per heavy atom. The van der Waals surface area contributed by atoms with Crippen molar-refractivity contribution in [3.8, 4) is 6.19 Å². The van der Waals surface area contributed by atoms with E-state index >= 15 is 0 Å². The van der Waals surface area contributed by atoms with E-state index in [1.54, 1.807) is 49.0 Å². The SMILES string of the molecule is N#CN=C(Nc1ccc(Cl)cc1Cl)NC(Cn1ccnc1)c1ccc(Cl)cc1Cl. The highest BCUT2D eigenvalue weighted by atomic mass is 35.5. The minimum Gasteiger partial charge on any atom is -0.347 e. The van der Waals surface area contributed by atoms with Gasteiger partial charge in [-0.2, -0.15) is 5.26 Å². The summed E-state index contributed by atoms with van der Waals surface area (Å²) >= 11 is 24.6. The predicted octanol–water partition coefficient (Wildman–Crippen LogP) is 5.78. The molecule has 0 spiro atoms. The van der Waals surface area contributed by atoms with Crippen LogP contribution in [0.4, 0.5) is 5.69 Å². The molecular formula is C19H14Cl4N6. The van der Waals surface area contributed by atoms with Crippen molar-refractivity contribution in [3.05, 3.63) is 80.8 Å². The number of guanidine groups is 1. The molecule has 0 fully saturated rings. The van der Waals surface area contributed by atoms with Crippen molar-refractivity contribution < 1.29 is 0 Å². The van der Waals surface area contributed by atoms with Gasteiger partial charge >= 0.3 is 0 Å². The van der Waals surface area contributed by atoms with Crippen LogP contribution < -0.4 is 10.6 Å². The van der Waals surface area contributed by atoms with E-state index in [0.29, 0.717) is 32.3 Å². The Morgan fingerprint density at radius 2 is 1.83 bits per heavy atom. The van der Waals surface area contributed by atoms with E-state index in [4.69, 9.17) is 51.7 Å². The monoisotopic (exact) mass is 466 g/mol. The molecule has 1 atom stereocenters. The van der Waals surface area contributed by atoms with Gasteiger partial charge in [-0.05, 0) is 35.9 Å². The average Bonchev–Trinajstić information content (AvgIpc) is 3.17. The second kappa shape index (κ2) is 9.86. The summed E-state index contributed by atoms with van der Waals surface area (Å²) < 4.78 is 1.88. The lowest BCUT2D eigenvalue weighted by Crippen LogP contribution is -2.36. The van der Waals surface area contributed by atoms with Crippen LogP contribution in [0.3, 0.4) is 0 Å². The molecule has 1 aromatic heterocycles. The topological polar surface area (TPSA) is 78.0 Å². The Labute approximate surface area is 187 Å². The highest BCUT2D eigenvalue weighted by Crippen LogP contribution is 2.28. The van der Waals surface area contributed by atoms with E-state index in [0.717, 1.165) is 5.56 Å². The van der Waals surface area contributed by atoms with Crippen molar-refractivity contribution in [1.29, 1.82) is 5.26 Å². The third-order valence-corrected chi connectivity index (χ3v) is 5.06.